The van der Waals surface area contributed by atoms with Crippen molar-refractivity contribution in [3.63, 3.8) is 0 Å². The van der Waals surface area contributed by atoms with Crippen molar-refractivity contribution >= 4 is 34.8 Å². The molecule has 0 saturated carbocycles. The third kappa shape index (κ3) is 3.68. The zero-order chi connectivity index (χ0) is 18.8. The van der Waals surface area contributed by atoms with E-state index in [1.54, 1.807) is 24.4 Å². The predicted molar refractivity (Wildman–Crippen MR) is 108 cm³/mol. The number of rotatable bonds is 4. The molecule has 27 heavy (non-hydrogen) atoms. The highest BCUT2D eigenvalue weighted by Crippen LogP contribution is 2.27. The first-order valence-corrected chi connectivity index (χ1v) is 9.13. The first kappa shape index (κ1) is 17.6. The number of nitrogens with zero attached hydrogens (tertiary/aromatic N) is 2. The SMILES string of the molecule is O=C(NCc1c(-c2ccc(Cl)cc2)nc2ccc(Cl)cn12)c1ccccc1. The van der Waals surface area contributed by atoms with Crippen LogP contribution < -0.4 is 5.32 Å². The topological polar surface area (TPSA) is 46.4 Å². The van der Waals surface area contributed by atoms with Crippen LogP contribution in [0.4, 0.5) is 0 Å². The van der Waals surface area contributed by atoms with E-state index in [-0.39, 0.29) is 5.91 Å². The van der Waals surface area contributed by atoms with Crippen LogP contribution in [0.5, 0.6) is 0 Å². The normalized spacial score (nSPS) is 10.9. The number of amides is 1. The molecular formula is C21H15Cl2N3O. The van der Waals surface area contributed by atoms with Gasteiger partial charge in [-0.15, -0.1) is 0 Å². The molecule has 0 aliphatic rings. The van der Waals surface area contributed by atoms with Gasteiger partial charge in [0.15, 0.2) is 0 Å². The second-order valence-corrected chi connectivity index (χ2v) is 6.91. The molecule has 4 aromatic rings. The lowest BCUT2D eigenvalue weighted by Gasteiger charge is -2.08. The van der Waals surface area contributed by atoms with Gasteiger partial charge in [0.2, 0.25) is 0 Å². The monoisotopic (exact) mass is 395 g/mol. The zero-order valence-electron chi connectivity index (χ0n) is 14.2. The maximum absolute atomic E-state index is 12.5. The number of carbonyl (C=O) groups excluding carboxylic acids is 1. The molecule has 0 aliphatic heterocycles. The summed E-state index contributed by atoms with van der Waals surface area (Å²) in [5.41, 5.74) is 3.91. The first-order valence-electron chi connectivity index (χ1n) is 8.37. The Morgan fingerprint density at radius 2 is 1.63 bits per heavy atom. The largest absolute Gasteiger partial charge is 0.346 e. The Balaban J connectivity index is 1.73. The molecule has 1 N–H and O–H groups in total. The van der Waals surface area contributed by atoms with Gasteiger partial charge in [0.25, 0.3) is 5.91 Å². The Morgan fingerprint density at radius 3 is 2.37 bits per heavy atom. The van der Waals surface area contributed by atoms with E-state index in [9.17, 15) is 4.79 Å². The minimum Gasteiger partial charge on any atom is -0.346 e. The number of imidazole rings is 1. The van der Waals surface area contributed by atoms with E-state index in [1.165, 1.54) is 0 Å². The van der Waals surface area contributed by atoms with Crippen LogP contribution in [-0.2, 0) is 6.54 Å². The van der Waals surface area contributed by atoms with Gasteiger partial charge in [-0.3, -0.25) is 4.79 Å². The number of benzene rings is 2. The number of pyridine rings is 1. The molecule has 0 aliphatic carbocycles. The minimum absolute atomic E-state index is 0.144. The van der Waals surface area contributed by atoms with Crippen molar-refractivity contribution in [3.8, 4) is 11.3 Å². The van der Waals surface area contributed by atoms with Crippen molar-refractivity contribution in [2.45, 2.75) is 6.54 Å². The number of hydrogen-bond donors (Lipinski definition) is 1. The summed E-state index contributed by atoms with van der Waals surface area (Å²) in [6.45, 7) is 0.313. The van der Waals surface area contributed by atoms with Gasteiger partial charge in [-0.1, -0.05) is 53.5 Å². The Hall–Kier alpha value is -2.82. The highest BCUT2D eigenvalue weighted by molar-refractivity contribution is 6.30. The fourth-order valence-electron chi connectivity index (χ4n) is 2.93. The van der Waals surface area contributed by atoms with Crippen LogP contribution in [0.3, 0.4) is 0 Å². The molecule has 0 bridgehead atoms. The number of halogens is 2. The first-order chi connectivity index (χ1) is 13.1. The molecule has 1 amide bonds. The van der Waals surface area contributed by atoms with Crippen LogP contribution in [0.25, 0.3) is 16.9 Å². The van der Waals surface area contributed by atoms with Crippen LogP contribution in [0.1, 0.15) is 16.1 Å². The van der Waals surface area contributed by atoms with Crippen molar-refractivity contribution in [3.05, 3.63) is 94.2 Å². The Kier molecular flexibility index (Phi) is 4.84. The molecule has 0 atom stereocenters. The van der Waals surface area contributed by atoms with Crippen LogP contribution in [0.2, 0.25) is 10.0 Å². The van der Waals surface area contributed by atoms with Gasteiger partial charge in [0.1, 0.15) is 5.65 Å². The summed E-state index contributed by atoms with van der Waals surface area (Å²) in [7, 11) is 0. The van der Waals surface area contributed by atoms with Crippen molar-refractivity contribution in [1.82, 2.24) is 14.7 Å². The summed E-state index contributed by atoms with van der Waals surface area (Å²) in [5, 5.41) is 4.22. The van der Waals surface area contributed by atoms with E-state index < -0.39 is 0 Å². The predicted octanol–water partition coefficient (Wildman–Crippen LogP) is 5.24. The van der Waals surface area contributed by atoms with Crippen LogP contribution in [0, 0.1) is 0 Å². The molecule has 0 unspecified atom stereocenters. The van der Waals surface area contributed by atoms with Crippen LogP contribution >= 0.6 is 23.2 Å². The highest BCUT2D eigenvalue weighted by atomic mass is 35.5. The van der Waals surface area contributed by atoms with Crippen molar-refractivity contribution < 1.29 is 4.79 Å². The highest BCUT2D eigenvalue weighted by Gasteiger charge is 2.16. The fourth-order valence-corrected chi connectivity index (χ4v) is 3.22. The summed E-state index contributed by atoms with van der Waals surface area (Å²) in [6, 6.07) is 20.2. The van der Waals surface area contributed by atoms with Gasteiger partial charge >= 0.3 is 0 Å². The molecule has 134 valence electrons. The van der Waals surface area contributed by atoms with E-state index in [0.717, 1.165) is 22.6 Å². The zero-order valence-corrected chi connectivity index (χ0v) is 15.7. The summed E-state index contributed by atoms with van der Waals surface area (Å²) in [5.74, 6) is -0.144. The summed E-state index contributed by atoms with van der Waals surface area (Å²) >= 11 is 12.2. The molecule has 4 rings (SSSR count). The van der Waals surface area contributed by atoms with E-state index >= 15 is 0 Å². The lowest BCUT2D eigenvalue weighted by atomic mass is 10.1. The smallest absolute Gasteiger partial charge is 0.251 e. The van der Waals surface area contributed by atoms with Gasteiger partial charge in [-0.05, 0) is 36.4 Å². The molecule has 4 nitrogen and oxygen atoms in total. The molecule has 2 heterocycles. The van der Waals surface area contributed by atoms with E-state index in [2.05, 4.69) is 5.32 Å². The number of aromatic nitrogens is 2. The van der Waals surface area contributed by atoms with Crippen molar-refractivity contribution in [1.29, 1.82) is 0 Å². The lowest BCUT2D eigenvalue weighted by molar-refractivity contribution is 0.0950. The van der Waals surface area contributed by atoms with Crippen molar-refractivity contribution in [2.75, 3.05) is 0 Å². The molecule has 2 aromatic carbocycles. The van der Waals surface area contributed by atoms with Crippen LogP contribution in [0.15, 0.2) is 72.9 Å². The Labute approximate surface area is 166 Å². The molecule has 0 spiro atoms. The van der Waals surface area contributed by atoms with Crippen molar-refractivity contribution in [2.24, 2.45) is 0 Å². The number of fused-ring (bicyclic) bond motifs is 1. The third-order valence-electron chi connectivity index (χ3n) is 4.25. The van der Waals surface area contributed by atoms with Gasteiger partial charge in [0.05, 0.1) is 23.0 Å². The molecule has 0 fully saturated rings. The molecule has 0 radical (unpaired) electrons. The summed E-state index contributed by atoms with van der Waals surface area (Å²) in [6.07, 6.45) is 1.80. The standard InChI is InChI=1S/C21H15Cl2N3O/c22-16-8-6-14(7-9-16)20-18(26-13-17(23)10-11-19(26)25-20)12-24-21(27)15-4-2-1-3-5-15/h1-11,13H,12H2,(H,24,27). The van der Waals surface area contributed by atoms with Gasteiger partial charge in [-0.2, -0.15) is 0 Å². The van der Waals surface area contributed by atoms with Crippen LogP contribution in [-0.4, -0.2) is 15.3 Å². The quantitative estimate of drug-likeness (QED) is 0.513. The Morgan fingerprint density at radius 1 is 0.926 bits per heavy atom. The lowest BCUT2D eigenvalue weighted by Crippen LogP contribution is -2.23. The average Bonchev–Trinajstić information content (AvgIpc) is 3.05. The second-order valence-electron chi connectivity index (χ2n) is 6.04. The maximum atomic E-state index is 12.5. The Bertz CT molecular complexity index is 1110. The minimum atomic E-state index is -0.144. The summed E-state index contributed by atoms with van der Waals surface area (Å²) in [4.78, 5) is 17.2. The fraction of sp³-hybridized carbons (Fsp3) is 0.0476. The number of hydrogen-bond acceptors (Lipinski definition) is 2. The van der Waals surface area contributed by atoms with E-state index in [1.807, 2.05) is 52.9 Å². The molecule has 6 heteroatoms. The molecule has 2 aromatic heterocycles. The number of nitrogens with one attached hydrogen (secondary N) is 1. The number of carbonyl (C=O) groups is 1. The average molecular weight is 396 g/mol. The molecule has 0 saturated heterocycles. The van der Waals surface area contributed by atoms with E-state index in [4.69, 9.17) is 28.2 Å². The maximum Gasteiger partial charge on any atom is 0.251 e. The van der Waals surface area contributed by atoms with Gasteiger partial charge in [-0.25, -0.2) is 4.98 Å². The molecular weight excluding hydrogens is 381 g/mol. The van der Waals surface area contributed by atoms with Gasteiger partial charge in [0, 0.05) is 22.3 Å². The van der Waals surface area contributed by atoms with Gasteiger partial charge < -0.3 is 9.72 Å². The summed E-state index contributed by atoms with van der Waals surface area (Å²) < 4.78 is 1.90. The third-order valence-corrected chi connectivity index (χ3v) is 4.73. The second kappa shape index (κ2) is 7.43. The van der Waals surface area contributed by atoms with E-state index in [0.29, 0.717) is 22.2 Å².